The van der Waals surface area contributed by atoms with E-state index in [9.17, 15) is 9.59 Å². The van der Waals surface area contributed by atoms with Crippen LogP contribution in [0.25, 0.3) is 0 Å². The first-order chi connectivity index (χ1) is 11.6. The maximum Gasteiger partial charge on any atom is 0.318 e. The van der Waals surface area contributed by atoms with E-state index in [-0.39, 0.29) is 18.0 Å². The Balaban J connectivity index is 1.62. The number of hydrogen-bond acceptors (Lipinski definition) is 4. The zero-order valence-corrected chi connectivity index (χ0v) is 14.3. The van der Waals surface area contributed by atoms with Gasteiger partial charge in [0.15, 0.2) is 5.13 Å². The van der Waals surface area contributed by atoms with E-state index in [4.69, 9.17) is 0 Å². The lowest BCUT2D eigenvalue weighted by molar-refractivity contribution is -0.119. The summed E-state index contributed by atoms with van der Waals surface area (Å²) in [7, 11) is 0. The number of nitrogens with one attached hydrogen (secondary N) is 2. The molecule has 1 aliphatic heterocycles. The topological polar surface area (TPSA) is 74.3 Å². The van der Waals surface area contributed by atoms with Crippen LogP contribution in [0.2, 0.25) is 0 Å². The van der Waals surface area contributed by atoms with Gasteiger partial charge in [-0.3, -0.25) is 4.79 Å². The van der Waals surface area contributed by atoms with E-state index < -0.39 is 6.04 Å². The van der Waals surface area contributed by atoms with Crippen LogP contribution in [-0.2, 0) is 4.79 Å². The first-order valence-corrected chi connectivity index (χ1v) is 8.85. The summed E-state index contributed by atoms with van der Waals surface area (Å²) >= 11 is 1.37. The molecule has 0 spiro atoms. The van der Waals surface area contributed by atoms with Crippen molar-refractivity contribution in [2.45, 2.75) is 31.8 Å². The molecule has 0 unspecified atom stereocenters. The molecule has 1 aromatic heterocycles. The summed E-state index contributed by atoms with van der Waals surface area (Å²) in [6.07, 6.45) is 3.13. The number of carbonyl (C=O) groups excluding carboxylic acids is 2. The van der Waals surface area contributed by atoms with Gasteiger partial charge in [0.25, 0.3) is 0 Å². The summed E-state index contributed by atoms with van der Waals surface area (Å²) in [6, 6.07) is 9.01. The summed E-state index contributed by atoms with van der Waals surface area (Å²) < 4.78 is 0. The van der Waals surface area contributed by atoms with Crippen LogP contribution in [0.3, 0.4) is 0 Å². The fourth-order valence-corrected chi connectivity index (χ4v) is 3.38. The number of thiazole rings is 1. The molecule has 1 aliphatic rings. The van der Waals surface area contributed by atoms with Crippen LogP contribution in [0.1, 0.15) is 31.4 Å². The Labute approximate surface area is 144 Å². The maximum atomic E-state index is 12.6. The van der Waals surface area contributed by atoms with Crippen molar-refractivity contribution in [3.8, 4) is 0 Å². The van der Waals surface area contributed by atoms with Crippen LogP contribution in [-0.4, -0.2) is 34.4 Å². The highest BCUT2D eigenvalue weighted by atomic mass is 32.1. The van der Waals surface area contributed by atoms with Gasteiger partial charge in [-0.15, -0.1) is 11.3 Å². The number of hydrogen-bond donors (Lipinski definition) is 2. The minimum absolute atomic E-state index is 0.109. The van der Waals surface area contributed by atoms with E-state index in [0.29, 0.717) is 18.1 Å². The molecule has 0 aliphatic carbocycles. The van der Waals surface area contributed by atoms with E-state index in [2.05, 4.69) is 15.6 Å². The van der Waals surface area contributed by atoms with Crippen LogP contribution in [0.4, 0.5) is 9.93 Å². The Bertz CT molecular complexity index is 690. The normalized spacial score (nSPS) is 18.2. The molecule has 3 rings (SSSR count). The summed E-state index contributed by atoms with van der Waals surface area (Å²) in [5, 5.41) is 8.12. The van der Waals surface area contributed by atoms with Crippen molar-refractivity contribution in [3.05, 3.63) is 47.5 Å². The number of carbonyl (C=O) groups is 2. The lowest BCUT2D eigenvalue weighted by Gasteiger charge is -2.26. The molecule has 0 saturated carbocycles. The molecular formula is C17H20N4O2S. The highest BCUT2D eigenvalue weighted by Gasteiger charge is 2.34. The first-order valence-electron chi connectivity index (χ1n) is 7.97. The third kappa shape index (κ3) is 3.73. The van der Waals surface area contributed by atoms with Crippen LogP contribution >= 0.6 is 11.3 Å². The number of anilines is 1. The van der Waals surface area contributed by atoms with Crippen LogP contribution < -0.4 is 10.6 Å². The third-order valence-corrected chi connectivity index (χ3v) is 4.81. The van der Waals surface area contributed by atoms with E-state index in [1.807, 2.05) is 37.3 Å². The molecule has 1 fully saturated rings. The molecule has 3 amide bonds. The van der Waals surface area contributed by atoms with Gasteiger partial charge in [-0.05, 0) is 25.3 Å². The molecule has 1 saturated heterocycles. The molecule has 1 aromatic carbocycles. The number of rotatable bonds is 4. The Morgan fingerprint density at radius 1 is 1.33 bits per heavy atom. The van der Waals surface area contributed by atoms with Gasteiger partial charge in [-0.2, -0.15) is 0 Å². The first kappa shape index (κ1) is 16.4. The van der Waals surface area contributed by atoms with Crippen molar-refractivity contribution in [2.24, 2.45) is 0 Å². The highest BCUT2D eigenvalue weighted by Crippen LogP contribution is 2.21. The zero-order valence-electron chi connectivity index (χ0n) is 13.4. The van der Waals surface area contributed by atoms with Crippen LogP contribution in [0.15, 0.2) is 41.9 Å². The smallest absolute Gasteiger partial charge is 0.318 e. The van der Waals surface area contributed by atoms with Gasteiger partial charge in [0.1, 0.15) is 6.04 Å². The largest absolute Gasteiger partial charge is 0.331 e. The van der Waals surface area contributed by atoms with Crippen molar-refractivity contribution in [1.29, 1.82) is 0 Å². The van der Waals surface area contributed by atoms with Gasteiger partial charge in [0, 0.05) is 18.1 Å². The average Bonchev–Trinajstić information content (AvgIpc) is 3.27. The molecular weight excluding hydrogens is 324 g/mol. The molecule has 0 bridgehead atoms. The van der Waals surface area contributed by atoms with Crippen molar-refractivity contribution < 1.29 is 9.59 Å². The molecule has 24 heavy (non-hydrogen) atoms. The van der Waals surface area contributed by atoms with Gasteiger partial charge in [-0.25, -0.2) is 9.78 Å². The maximum absolute atomic E-state index is 12.6. The Morgan fingerprint density at radius 3 is 2.83 bits per heavy atom. The minimum Gasteiger partial charge on any atom is -0.331 e. The monoisotopic (exact) mass is 344 g/mol. The highest BCUT2D eigenvalue weighted by molar-refractivity contribution is 7.13. The van der Waals surface area contributed by atoms with Gasteiger partial charge < -0.3 is 15.5 Å². The number of likely N-dealkylation sites (tertiary alicyclic amines) is 1. The second-order valence-corrected chi connectivity index (χ2v) is 6.65. The predicted molar refractivity (Wildman–Crippen MR) is 93.9 cm³/mol. The van der Waals surface area contributed by atoms with Crippen molar-refractivity contribution in [3.63, 3.8) is 0 Å². The van der Waals surface area contributed by atoms with Crippen molar-refractivity contribution >= 4 is 28.4 Å². The summed E-state index contributed by atoms with van der Waals surface area (Å²) in [5.41, 5.74) is 1.04. The van der Waals surface area contributed by atoms with Crippen LogP contribution in [0.5, 0.6) is 0 Å². The minimum atomic E-state index is -0.447. The Hall–Kier alpha value is -2.41. The number of aromatic nitrogens is 1. The van der Waals surface area contributed by atoms with E-state index in [0.717, 1.165) is 12.0 Å². The molecule has 2 N–H and O–H groups in total. The molecule has 7 heteroatoms. The summed E-state index contributed by atoms with van der Waals surface area (Å²) in [4.78, 5) is 30.7. The summed E-state index contributed by atoms with van der Waals surface area (Å²) in [6.45, 7) is 2.53. The van der Waals surface area contributed by atoms with Crippen molar-refractivity contribution in [1.82, 2.24) is 15.2 Å². The van der Waals surface area contributed by atoms with Gasteiger partial charge in [-0.1, -0.05) is 30.3 Å². The lowest BCUT2D eigenvalue weighted by atomic mass is 10.1. The molecule has 2 heterocycles. The van der Waals surface area contributed by atoms with Gasteiger partial charge in [0.2, 0.25) is 5.91 Å². The fraction of sp³-hybridized carbons (Fsp3) is 0.353. The standard InChI is InChI=1S/C17H20N4O2S/c1-12(13-6-3-2-4-7-13)19-17(23)21-10-5-8-14(21)15(22)20-16-18-9-11-24-16/h2-4,6-7,9,11-12,14H,5,8,10H2,1H3,(H,19,23)(H,18,20,22)/t12-,14-/m0/s1. The molecule has 126 valence electrons. The van der Waals surface area contributed by atoms with Gasteiger partial charge >= 0.3 is 6.03 Å². The number of nitrogens with zero attached hydrogens (tertiary/aromatic N) is 2. The summed E-state index contributed by atoms with van der Waals surface area (Å²) in [5.74, 6) is -0.176. The van der Waals surface area contributed by atoms with Crippen LogP contribution in [0, 0.1) is 0 Å². The SMILES string of the molecule is C[C@H](NC(=O)N1CCC[C@H]1C(=O)Nc1nccs1)c1ccccc1. The van der Waals surface area contributed by atoms with E-state index in [1.165, 1.54) is 11.3 Å². The molecule has 0 radical (unpaired) electrons. The Morgan fingerprint density at radius 2 is 2.12 bits per heavy atom. The zero-order chi connectivity index (χ0) is 16.9. The van der Waals surface area contributed by atoms with Crippen molar-refractivity contribution in [2.75, 3.05) is 11.9 Å². The predicted octanol–water partition coefficient (Wildman–Crippen LogP) is 3.02. The second-order valence-electron chi connectivity index (χ2n) is 5.76. The van der Waals surface area contributed by atoms with E-state index >= 15 is 0 Å². The third-order valence-electron chi connectivity index (χ3n) is 4.12. The Kier molecular flexibility index (Phi) is 5.10. The second kappa shape index (κ2) is 7.44. The number of urea groups is 1. The quantitative estimate of drug-likeness (QED) is 0.895. The number of benzene rings is 1. The molecule has 2 aromatic rings. The number of amides is 3. The molecule has 2 atom stereocenters. The lowest BCUT2D eigenvalue weighted by Crippen LogP contribution is -2.48. The fourth-order valence-electron chi connectivity index (χ4n) is 2.85. The molecule has 6 nitrogen and oxygen atoms in total. The van der Waals surface area contributed by atoms with Gasteiger partial charge in [0.05, 0.1) is 6.04 Å². The van der Waals surface area contributed by atoms with E-state index in [1.54, 1.807) is 16.5 Å². The average molecular weight is 344 g/mol.